The van der Waals surface area contributed by atoms with Gasteiger partial charge in [-0.15, -0.1) is 0 Å². The number of likely N-dealkylation sites (tertiary alicyclic amines) is 1. The molecule has 2 saturated heterocycles. The lowest BCUT2D eigenvalue weighted by molar-refractivity contribution is -0.142. The largest absolute Gasteiger partial charge is 0.441 e. The second-order valence-electron chi connectivity index (χ2n) is 5.97. The van der Waals surface area contributed by atoms with E-state index in [1.807, 2.05) is 25.7 Å². The third-order valence-electron chi connectivity index (χ3n) is 3.47. The van der Waals surface area contributed by atoms with Gasteiger partial charge in [0.15, 0.2) is 0 Å². The van der Waals surface area contributed by atoms with Crippen LogP contribution in [0.3, 0.4) is 0 Å². The quantitative estimate of drug-likeness (QED) is 0.690. The van der Waals surface area contributed by atoms with E-state index >= 15 is 0 Å². The van der Waals surface area contributed by atoms with Crippen molar-refractivity contribution in [2.24, 2.45) is 5.41 Å². The van der Waals surface area contributed by atoms with Crippen LogP contribution >= 0.6 is 0 Å². The summed E-state index contributed by atoms with van der Waals surface area (Å²) in [7, 11) is 0. The van der Waals surface area contributed by atoms with Crippen LogP contribution in [-0.4, -0.2) is 42.1 Å². The zero-order valence-electron chi connectivity index (χ0n) is 10.7. The molecule has 2 aliphatic rings. The summed E-state index contributed by atoms with van der Waals surface area (Å²) in [5.41, 5.74) is -0.707. The van der Waals surface area contributed by atoms with Gasteiger partial charge >= 0.3 is 6.09 Å². The van der Waals surface area contributed by atoms with Crippen molar-refractivity contribution >= 4 is 12.0 Å². The van der Waals surface area contributed by atoms with Gasteiger partial charge in [0, 0.05) is 31.3 Å². The molecule has 0 saturated carbocycles. The highest BCUT2D eigenvalue weighted by Crippen LogP contribution is 2.31. The van der Waals surface area contributed by atoms with Crippen molar-refractivity contribution < 1.29 is 14.3 Å². The van der Waals surface area contributed by atoms with Gasteiger partial charge in [-0.3, -0.25) is 4.79 Å². The summed E-state index contributed by atoms with van der Waals surface area (Å²) in [6.07, 6.45) is 1.13. The molecule has 0 atom stereocenters. The number of hydrogen-bond donors (Lipinski definition) is 1. The van der Waals surface area contributed by atoms with Gasteiger partial charge in [0.25, 0.3) is 0 Å². The van der Waals surface area contributed by atoms with Crippen LogP contribution in [0.25, 0.3) is 0 Å². The lowest BCUT2D eigenvalue weighted by Gasteiger charge is -2.39. The number of ether oxygens (including phenoxy) is 1. The highest BCUT2D eigenvalue weighted by Gasteiger charge is 2.44. The number of carbonyl (C=O) groups excluding carboxylic acids is 2. The zero-order valence-corrected chi connectivity index (χ0v) is 10.7. The van der Waals surface area contributed by atoms with Gasteiger partial charge in [-0.05, 0) is 0 Å². The number of nitrogens with one attached hydrogen (secondary N) is 1. The Hall–Kier alpha value is -1.26. The molecule has 96 valence electrons. The highest BCUT2D eigenvalue weighted by molar-refractivity contribution is 5.81. The molecule has 5 nitrogen and oxygen atoms in total. The molecule has 1 spiro atoms. The molecule has 2 aliphatic heterocycles. The fraction of sp³-hybridized carbons (Fsp3) is 0.833. The zero-order chi connectivity index (χ0) is 12.7. The van der Waals surface area contributed by atoms with Crippen LogP contribution in [-0.2, 0) is 9.53 Å². The van der Waals surface area contributed by atoms with Crippen molar-refractivity contribution in [1.82, 2.24) is 10.2 Å². The molecule has 2 fully saturated rings. The van der Waals surface area contributed by atoms with Gasteiger partial charge < -0.3 is 15.0 Å². The smallest absolute Gasteiger partial charge is 0.407 e. The minimum atomic E-state index is -0.369. The van der Waals surface area contributed by atoms with Crippen LogP contribution in [0.1, 0.15) is 33.6 Å². The molecule has 2 rings (SSSR count). The Balaban J connectivity index is 1.95. The summed E-state index contributed by atoms with van der Waals surface area (Å²) < 4.78 is 5.32. The van der Waals surface area contributed by atoms with Crippen LogP contribution in [0.5, 0.6) is 0 Å². The summed E-state index contributed by atoms with van der Waals surface area (Å²) >= 11 is 0. The molecule has 0 unspecified atom stereocenters. The van der Waals surface area contributed by atoms with Gasteiger partial charge in [-0.2, -0.15) is 0 Å². The van der Waals surface area contributed by atoms with Crippen LogP contribution < -0.4 is 5.32 Å². The maximum absolute atomic E-state index is 12.1. The second-order valence-corrected chi connectivity index (χ2v) is 5.97. The molecular weight excluding hydrogens is 220 g/mol. The van der Waals surface area contributed by atoms with Crippen LogP contribution in [0, 0.1) is 5.41 Å². The first kappa shape index (κ1) is 12.2. The third kappa shape index (κ3) is 2.37. The van der Waals surface area contributed by atoms with Crippen molar-refractivity contribution in [1.29, 1.82) is 0 Å². The summed E-state index contributed by atoms with van der Waals surface area (Å²) in [4.78, 5) is 25.0. The first-order valence-electron chi connectivity index (χ1n) is 6.09. The van der Waals surface area contributed by atoms with E-state index in [-0.39, 0.29) is 23.0 Å². The molecule has 0 aromatic carbocycles. The van der Waals surface area contributed by atoms with Crippen molar-refractivity contribution in [3.05, 3.63) is 0 Å². The van der Waals surface area contributed by atoms with E-state index in [9.17, 15) is 9.59 Å². The molecule has 2 amide bonds. The Morgan fingerprint density at radius 2 is 1.94 bits per heavy atom. The van der Waals surface area contributed by atoms with E-state index in [4.69, 9.17) is 4.74 Å². The number of nitrogens with zero attached hydrogens (tertiary/aromatic N) is 1. The van der Waals surface area contributed by atoms with E-state index < -0.39 is 0 Å². The van der Waals surface area contributed by atoms with Crippen LogP contribution in [0.4, 0.5) is 4.79 Å². The maximum Gasteiger partial charge on any atom is 0.407 e. The highest BCUT2D eigenvalue weighted by atomic mass is 16.6. The lowest BCUT2D eigenvalue weighted by Crippen LogP contribution is -2.51. The molecular formula is C12H20N2O3. The van der Waals surface area contributed by atoms with Gasteiger partial charge in [-0.1, -0.05) is 20.8 Å². The predicted molar refractivity (Wildman–Crippen MR) is 62.5 cm³/mol. The SMILES string of the molecule is CC(C)(C)C(=O)N1CCC2(CC1)CNC(=O)O2. The number of carbonyl (C=O) groups is 2. The minimum absolute atomic E-state index is 0.171. The summed E-state index contributed by atoms with van der Waals surface area (Å²) in [5, 5.41) is 2.69. The molecule has 0 aliphatic carbocycles. The van der Waals surface area contributed by atoms with Gasteiger partial charge in [0.1, 0.15) is 5.60 Å². The van der Waals surface area contributed by atoms with E-state index in [1.165, 1.54) is 0 Å². The first-order valence-corrected chi connectivity index (χ1v) is 6.09. The Bertz CT molecular complexity index is 338. The van der Waals surface area contributed by atoms with Crippen molar-refractivity contribution in [2.75, 3.05) is 19.6 Å². The van der Waals surface area contributed by atoms with E-state index in [0.717, 1.165) is 12.8 Å². The minimum Gasteiger partial charge on any atom is -0.441 e. The lowest BCUT2D eigenvalue weighted by atomic mass is 9.88. The molecule has 1 N–H and O–H groups in total. The standard InChI is InChI=1S/C12H20N2O3/c1-11(2,3)9(15)14-6-4-12(5-7-14)8-13-10(16)17-12/h4-8H2,1-3H3,(H,13,16). The van der Waals surface area contributed by atoms with Gasteiger partial charge in [-0.25, -0.2) is 4.79 Å². The van der Waals surface area contributed by atoms with Crippen molar-refractivity contribution in [3.8, 4) is 0 Å². The molecule has 0 aromatic rings. The Kier molecular flexibility index (Phi) is 2.79. The molecule has 2 heterocycles. The maximum atomic E-state index is 12.1. The predicted octanol–water partition coefficient (Wildman–Crippen LogP) is 1.13. The second kappa shape index (κ2) is 3.89. The number of amides is 2. The Morgan fingerprint density at radius 1 is 1.35 bits per heavy atom. The fourth-order valence-electron chi connectivity index (χ4n) is 2.37. The number of rotatable bonds is 0. The topological polar surface area (TPSA) is 58.6 Å². The molecule has 0 radical (unpaired) electrons. The first-order chi connectivity index (χ1) is 7.82. The monoisotopic (exact) mass is 240 g/mol. The van der Waals surface area contributed by atoms with Crippen molar-refractivity contribution in [3.63, 3.8) is 0 Å². The van der Waals surface area contributed by atoms with E-state index in [1.54, 1.807) is 0 Å². The van der Waals surface area contributed by atoms with E-state index in [0.29, 0.717) is 19.6 Å². The average Bonchev–Trinajstić information content (AvgIpc) is 2.59. The third-order valence-corrected chi connectivity index (χ3v) is 3.47. The van der Waals surface area contributed by atoms with Gasteiger partial charge in [0.05, 0.1) is 6.54 Å². The van der Waals surface area contributed by atoms with Gasteiger partial charge in [0.2, 0.25) is 5.91 Å². The fourth-order valence-corrected chi connectivity index (χ4v) is 2.37. The Morgan fingerprint density at radius 3 is 2.35 bits per heavy atom. The summed E-state index contributed by atoms with van der Waals surface area (Å²) in [5.74, 6) is 0.171. The normalized spacial score (nSPS) is 23.5. The average molecular weight is 240 g/mol. The van der Waals surface area contributed by atoms with Crippen LogP contribution in [0.2, 0.25) is 0 Å². The molecule has 0 aromatic heterocycles. The van der Waals surface area contributed by atoms with Crippen LogP contribution in [0.15, 0.2) is 0 Å². The molecule has 5 heteroatoms. The number of piperidine rings is 1. The Labute approximate surface area is 101 Å². The summed E-state index contributed by atoms with van der Waals surface area (Å²) in [6, 6.07) is 0. The number of alkyl carbamates (subject to hydrolysis) is 1. The number of hydrogen-bond acceptors (Lipinski definition) is 3. The van der Waals surface area contributed by atoms with E-state index in [2.05, 4.69) is 5.32 Å². The summed E-state index contributed by atoms with van der Waals surface area (Å²) in [6.45, 7) is 7.70. The molecule has 17 heavy (non-hydrogen) atoms. The van der Waals surface area contributed by atoms with Crippen molar-refractivity contribution in [2.45, 2.75) is 39.2 Å². The molecule has 0 bridgehead atoms.